The molecule has 9 heteroatoms. The number of nitrogens with one attached hydrogen (secondary N) is 1. The van der Waals surface area contributed by atoms with E-state index in [1.54, 1.807) is 38.5 Å². The quantitative estimate of drug-likeness (QED) is 0.332. The molecule has 33 heavy (non-hydrogen) atoms. The van der Waals surface area contributed by atoms with Gasteiger partial charge in [-0.05, 0) is 46.7 Å². The second-order valence-electron chi connectivity index (χ2n) is 7.02. The van der Waals surface area contributed by atoms with Crippen LogP contribution in [0.3, 0.4) is 0 Å². The second kappa shape index (κ2) is 10.2. The molecule has 9 nitrogen and oxygen atoms in total. The van der Waals surface area contributed by atoms with E-state index in [2.05, 4.69) is 25.9 Å². The molecule has 0 bridgehead atoms. The minimum absolute atomic E-state index is 0.316. The molecule has 1 N–H and O–H groups in total. The summed E-state index contributed by atoms with van der Waals surface area (Å²) in [6.45, 7) is 0.444. The van der Waals surface area contributed by atoms with Crippen LogP contribution in [-0.4, -0.2) is 46.5 Å². The third-order valence-electron chi connectivity index (χ3n) is 4.81. The van der Waals surface area contributed by atoms with Crippen molar-refractivity contribution in [3.05, 3.63) is 89.5 Å². The predicted octanol–water partition coefficient (Wildman–Crippen LogP) is 3.17. The molecule has 0 aliphatic heterocycles. The summed E-state index contributed by atoms with van der Waals surface area (Å²) >= 11 is 0. The molecule has 3 aromatic carbocycles. The van der Waals surface area contributed by atoms with Crippen molar-refractivity contribution in [2.24, 2.45) is 5.10 Å². The van der Waals surface area contributed by atoms with E-state index in [1.165, 1.54) is 11.0 Å². The summed E-state index contributed by atoms with van der Waals surface area (Å²) in [5.74, 6) is 1.46. The zero-order valence-corrected chi connectivity index (χ0v) is 18.2. The fourth-order valence-corrected chi connectivity index (χ4v) is 3.10. The first-order valence-electron chi connectivity index (χ1n) is 10.1. The highest BCUT2D eigenvalue weighted by Gasteiger charge is 2.08. The van der Waals surface area contributed by atoms with E-state index in [-0.39, 0.29) is 5.91 Å². The molecule has 0 saturated carbocycles. The summed E-state index contributed by atoms with van der Waals surface area (Å²) in [5.41, 5.74) is 5.62. The third-order valence-corrected chi connectivity index (χ3v) is 4.81. The molecule has 166 valence electrons. The normalized spacial score (nSPS) is 10.8. The topological polar surface area (TPSA) is 104 Å². The van der Waals surface area contributed by atoms with Gasteiger partial charge < -0.3 is 9.47 Å². The van der Waals surface area contributed by atoms with Gasteiger partial charge in [0.25, 0.3) is 5.91 Å². The van der Waals surface area contributed by atoms with Crippen molar-refractivity contribution in [1.82, 2.24) is 25.6 Å². The smallest absolute Gasteiger partial charge is 0.271 e. The predicted molar refractivity (Wildman–Crippen MR) is 123 cm³/mol. The molecule has 0 spiro atoms. The molecule has 4 aromatic rings. The molecule has 0 radical (unpaired) electrons. The van der Waals surface area contributed by atoms with Crippen molar-refractivity contribution in [3.8, 4) is 22.9 Å². The Balaban J connectivity index is 1.35. The molecule has 4 rings (SSSR count). The van der Waals surface area contributed by atoms with E-state index in [1.807, 2.05) is 48.5 Å². The van der Waals surface area contributed by atoms with E-state index in [9.17, 15) is 4.79 Å². The first-order chi connectivity index (χ1) is 16.2. The fourth-order valence-electron chi connectivity index (χ4n) is 3.10. The minimum Gasteiger partial charge on any atom is -0.493 e. The van der Waals surface area contributed by atoms with Crippen molar-refractivity contribution in [2.45, 2.75) is 6.54 Å². The number of tetrazole rings is 1. The number of carbonyl (C=O) groups is 1. The molecule has 0 aliphatic carbocycles. The van der Waals surface area contributed by atoms with Crippen LogP contribution in [-0.2, 0) is 6.54 Å². The highest BCUT2D eigenvalue weighted by atomic mass is 16.5. The number of methoxy groups -OCH3 is 2. The van der Waals surface area contributed by atoms with E-state index in [4.69, 9.17) is 9.47 Å². The summed E-state index contributed by atoms with van der Waals surface area (Å²) in [5, 5.41) is 16.6. The van der Waals surface area contributed by atoms with Crippen LogP contribution in [0.4, 0.5) is 0 Å². The van der Waals surface area contributed by atoms with Gasteiger partial charge in [0.1, 0.15) is 0 Å². The zero-order chi connectivity index (χ0) is 23.0. The summed E-state index contributed by atoms with van der Waals surface area (Å²) in [6.07, 6.45) is 1.54. The van der Waals surface area contributed by atoms with Gasteiger partial charge in [-0.15, -0.1) is 10.2 Å². The Morgan fingerprint density at radius 2 is 1.76 bits per heavy atom. The Morgan fingerprint density at radius 1 is 1.00 bits per heavy atom. The van der Waals surface area contributed by atoms with Gasteiger partial charge in [0, 0.05) is 11.1 Å². The lowest BCUT2D eigenvalue weighted by Crippen LogP contribution is -2.17. The third kappa shape index (κ3) is 5.40. The van der Waals surface area contributed by atoms with E-state index < -0.39 is 0 Å². The van der Waals surface area contributed by atoms with Crippen molar-refractivity contribution in [2.75, 3.05) is 14.2 Å². The number of aromatic nitrogens is 4. The van der Waals surface area contributed by atoms with Crippen LogP contribution in [0.15, 0.2) is 77.9 Å². The highest BCUT2D eigenvalue weighted by Crippen LogP contribution is 2.26. The Morgan fingerprint density at radius 3 is 2.48 bits per heavy atom. The lowest BCUT2D eigenvalue weighted by atomic mass is 10.1. The first kappa shape index (κ1) is 21.7. The Hall–Kier alpha value is -4.53. The van der Waals surface area contributed by atoms with Crippen molar-refractivity contribution < 1.29 is 14.3 Å². The monoisotopic (exact) mass is 442 g/mol. The SMILES string of the molecule is COc1ccc(/C=N/NC(=O)c2ccc(Cn3nnc(-c4ccccc4)n3)cc2)cc1OC. The maximum atomic E-state index is 12.4. The number of benzene rings is 3. The molecule has 0 saturated heterocycles. The lowest BCUT2D eigenvalue weighted by Gasteiger charge is -2.07. The van der Waals surface area contributed by atoms with Gasteiger partial charge in [-0.25, -0.2) is 5.43 Å². The number of carbonyl (C=O) groups excluding carboxylic acids is 1. The van der Waals surface area contributed by atoms with E-state index >= 15 is 0 Å². The van der Waals surface area contributed by atoms with Gasteiger partial charge in [0.05, 0.1) is 27.0 Å². The number of amides is 1. The average Bonchev–Trinajstić information content (AvgIpc) is 3.33. The zero-order valence-electron chi connectivity index (χ0n) is 18.2. The molecule has 1 amide bonds. The number of hydrogen-bond acceptors (Lipinski definition) is 7. The number of ether oxygens (including phenoxy) is 2. The molecule has 0 fully saturated rings. The van der Waals surface area contributed by atoms with Gasteiger partial charge in [-0.1, -0.05) is 42.5 Å². The summed E-state index contributed by atoms with van der Waals surface area (Å²) in [7, 11) is 3.13. The number of hydrogen-bond donors (Lipinski definition) is 1. The highest BCUT2D eigenvalue weighted by molar-refractivity contribution is 5.95. The molecule has 0 atom stereocenters. The molecule has 1 heterocycles. The molecule has 0 aliphatic rings. The van der Waals surface area contributed by atoms with Crippen LogP contribution in [0.25, 0.3) is 11.4 Å². The van der Waals surface area contributed by atoms with Crippen LogP contribution in [0.2, 0.25) is 0 Å². The first-order valence-corrected chi connectivity index (χ1v) is 10.1. The van der Waals surface area contributed by atoms with Crippen LogP contribution in [0.5, 0.6) is 11.5 Å². The molecule has 1 aromatic heterocycles. The van der Waals surface area contributed by atoms with Crippen LogP contribution < -0.4 is 14.9 Å². The molecular weight excluding hydrogens is 420 g/mol. The van der Waals surface area contributed by atoms with Crippen molar-refractivity contribution in [1.29, 1.82) is 0 Å². The average molecular weight is 442 g/mol. The standard InChI is InChI=1S/C24H22N6O3/c1-32-21-13-10-18(14-22(21)33-2)15-25-27-24(31)20-11-8-17(9-12-20)16-30-28-23(26-29-30)19-6-4-3-5-7-19/h3-15H,16H2,1-2H3,(H,27,31)/b25-15+. The number of rotatable bonds is 8. The van der Waals surface area contributed by atoms with Crippen molar-refractivity contribution in [3.63, 3.8) is 0 Å². The minimum atomic E-state index is -0.316. The van der Waals surface area contributed by atoms with E-state index in [0.29, 0.717) is 29.4 Å². The number of hydrazone groups is 1. The van der Waals surface area contributed by atoms with Crippen LogP contribution in [0.1, 0.15) is 21.5 Å². The second-order valence-corrected chi connectivity index (χ2v) is 7.02. The Bertz CT molecular complexity index is 1250. The van der Waals surface area contributed by atoms with Gasteiger partial charge in [-0.2, -0.15) is 9.90 Å². The largest absolute Gasteiger partial charge is 0.493 e. The Kier molecular flexibility index (Phi) is 6.70. The summed E-state index contributed by atoms with van der Waals surface area (Å²) in [4.78, 5) is 13.9. The number of nitrogens with zero attached hydrogens (tertiary/aromatic N) is 5. The van der Waals surface area contributed by atoms with Crippen molar-refractivity contribution >= 4 is 12.1 Å². The maximum Gasteiger partial charge on any atom is 0.271 e. The van der Waals surface area contributed by atoms with E-state index in [0.717, 1.165) is 16.7 Å². The van der Waals surface area contributed by atoms with Crippen LogP contribution >= 0.6 is 0 Å². The summed E-state index contributed by atoms with van der Waals surface area (Å²) in [6, 6.07) is 22.2. The Labute approximate surface area is 190 Å². The van der Waals surface area contributed by atoms with Gasteiger partial charge >= 0.3 is 0 Å². The maximum absolute atomic E-state index is 12.4. The molecular formula is C24H22N6O3. The molecule has 0 unspecified atom stereocenters. The lowest BCUT2D eigenvalue weighted by molar-refractivity contribution is 0.0955. The van der Waals surface area contributed by atoms with Crippen LogP contribution in [0, 0.1) is 0 Å². The van der Waals surface area contributed by atoms with Gasteiger partial charge in [0.15, 0.2) is 11.5 Å². The summed E-state index contributed by atoms with van der Waals surface area (Å²) < 4.78 is 10.5. The van der Waals surface area contributed by atoms with Gasteiger partial charge in [-0.3, -0.25) is 4.79 Å². The van der Waals surface area contributed by atoms with Gasteiger partial charge in [0.2, 0.25) is 5.82 Å². The fraction of sp³-hybridized carbons (Fsp3) is 0.125.